The van der Waals surface area contributed by atoms with Gasteiger partial charge in [0.05, 0.1) is 11.1 Å². The second-order valence-electron chi connectivity index (χ2n) is 11.0. The number of amides is 2. The fourth-order valence-corrected chi connectivity index (χ4v) is 5.93. The van der Waals surface area contributed by atoms with Crippen molar-refractivity contribution in [2.24, 2.45) is 5.73 Å². The number of cyclic esters (lactones) is 2. The van der Waals surface area contributed by atoms with Crippen molar-refractivity contribution in [3.05, 3.63) is 93.0 Å². The van der Waals surface area contributed by atoms with E-state index < -0.39 is 11.9 Å². The predicted octanol–water partition coefficient (Wildman–Crippen LogP) is 9.00. The number of carbonyl (C=O) groups is 4. The Morgan fingerprint density at radius 1 is 0.600 bits per heavy atom. The lowest BCUT2D eigenvalue weighted by Crippen LogP contribution is -2.40. The Hall–Kier alpha value is -3.78. The summed E-state index contributed by atoms with van der Waals surface area (Å²) in [6.07, 6.45) is 9.30. The van der Waals surface area contributed by atoms with Crippen molar-refractivity contribution in [3.63, 3.8) is 0 Å². The summed E-state index contributed by atoms with van der Waals surface area (Å²) in [5, 5.41) is 3.82. The van der Waals surface area contributed by atoms with Gasteiger partial charge >= 0.3 is 11.9 Å². The minimum Gasteiger partial charge on any atom is -0.386 e. The van der Waals surface area contributed by atoms with Crippen LogP contribution in [0.2, 0.25) is 10.0 Å². The monoisotopic (exact) mass is 648 g/mol. The van der Waals surface area contributed by atoms with Gasteiger partial charge in [-0.2, -0.15) is 0 Å². The number of carbonyl (C=O) groups excluding carboxylic acids is 4. The van der Waals surface area contributed by atoms with Crippen molar-refractivity contribution in [1.82, 2.24) is 4.90 Å². The van der Waals surface area contributed by atoms with Crippen LogP contribution in [0.1, 0.15) is 107 Å². The molecule has 0 saturated carbocycles. The maximum absolute atomic E-state index is 12.7. The van der Waals surface area contributed by atoms with Crippen LogP contribution in [0.25, 0.3) is 21.5 Å². The third kappa shape index (κ3) is 7.55. The molecule has 2 amide bonds. The number of ether oxygens (including phenoxy) is 1. The minimum atomic E-state index is -0.620. The molecule has 0 aromatic heterocycles. The average molecular weight is 650 g/mol. The van der Waals surface area contributed by atoms with Crippen LogP contribution in [-0.2, 0) is 4.74 Å². The van der Waals surface area contributed by atoms with Gasteiger partial charge in [-0.05, 0) is 55.8 Å². The molecule has 6 rings (SSSR count). The summed E-state index contributed by atoms with van der Waals surface area (Å²) in [4.78, 5) is 49.7. The number of halogens is 2. The maximum atomic E-state index is 12.7. The van der Waals surface area contributed by atoms with Crippen LogP contribution in [0.4, 0.5) is 0 Å². The first kappa shape index (κ1) is 34.1. The zero-order valence-electron chi connectivity index (χ0n) is 25.7. The van der Waals surface area contributed by atoms with E-state index in [-0.39, 0.29) is 11.8 Å². The topological polar surface area (TPSA) is 107 Å². The largest absolute Gasteiger partial charge is 0.386 e. The van der Waals surface area contributed by atoms with E-state index in [1.54, 1.807) is 48.5 Å². The van der Waals surface area contributed by atoms with Gasteiger partial charge in [0.15, 0.2) is 0 Å². The van der Waals surface area contributed by atoms with Gasteiger partial charge < -0.3 is 10.5 Å². The van der Waals surface area contributed by atoms with Gasteiger partial charge in [0.1, 0.15) is 0 Å². The maximum Gasteiger partial charge on any atom is 0.346 e. The summed E-state index contributed by atoms with van der Waals surface area (Å²) < 4.78 is 4.62. The van der Waals surface area contributed by atoms with Crippen LogP contribution in [0.3, 0.4) is 0 Å². The Morgan fingerprint density at radius 2 is 1.07 bits per heavy atom. The Balaban J connectivity index is 0.000000175. The van der Waals surface area contributed by atoms with E-state index in [2.05, 4.69) is 18.6 Å². The molecule has 236 valence electrons. The average Bonchev–Trinajstić information content (AvgIpc) is 3.04. The van der Waals surface area contributed by atoms with Gasteiger partial charge in [-0.3, -0.25) is 14.5 Å². The highest BCUT2D eigenvalue weighted by Gasteiger charge is 2.32. The summed E-state index contributed by atoms with van der Waals surface area (Å²) in [6, 6.07) is 17.2. The number of imide groups is 1. The van der Waals surface area contributed by atoms with Crippen LogP contribution in [0, 0.1) is 0 Å². The van der Waals surface area contributed by atoms with E-state index in [0.29, 0.717) is 55.0 Å². The molecule has 0 saturated heterocycles. The highest BCUT2D eigenvalue weighted by atomic mass is 35.5. The quantitative estimate of drug-likeness (QED) is 0.0840. The first-order valence-corrected chi connectivity index (χ1v) is 16.3. The lowest BCUT2D eigenvalue weighted by atomic mass is 9.94. The molecule has 45 heavy (non-hydrogen) atoms. The molecular formula is C36H38Cl2N2O5. The molecule has 2 N–H and O–H groups in total. The van der Waals surface area contributed by atoms with Crippen molar-refractivity contribution >= 4 is 68.5 Å². The van der Waals surface area contributed by atoms with Crippen molar-refractivity contribution in [3.8, 4) is 0 Å². The van der Waals surface area contributed by atoms with E-state index in [1.165, 1.54) is 30.6 Å². The molecule has 7 nitrogen and oxygen atoms in total. The van der Waals surface area contributed by atoms with E-state index in [0.717, 1.165) is 37.6 Å². The second-order valence-corrected chi connectivity index (χ2v) is 11.8. The van der Waals surface area contributed by atoms with Crippen molar-refractivity contribution < 1.29 is 23.9 Å². The number of nitrogens with two attached hydrogens (primary N) is 1. The summed E-state index contributed by atoms with van der Waals surface area (Å²) in [5.41, 5.74) is 7.19. The van der Waals surface area contributed by atoms with Crippen LogP contribution < -0.4 is 5.73 Å². The Labute approximate surface area is 273 Å². The highest BCUT2D eigenvalue weighted by Crippen LogP contribution is 2.35. The normalized spacial score (nSPS) is 13.3. The summed E-state index contributed by atoms with van der Waals surface area (Å²) >= 11 is 12.2. The smallest absolute Gasteiger partial charge is 0.346 e. The van der Waals surface area contributed by atoms with Crippen LogP contribution in [0.5, 0.6) is 0 Å². The molecule has 4 aromatic carbocycles. The van der Waals surface area contributed by atoms with Crippen molar-refractivity contribution in [2.75, 3.05) is 13.1 Å². The summed E-state index contributed by atoms with van der Waals surface area (Å²) in [6.45, 7) is 5.69. The standard InChI is InChI=1S/C18H18ClNO2.C12H5ClO3.C6H15N/c1-2-3-4-5-11-20-17(21)13-8-6-7-12-15(19)10-9-14(16(12)13)18(20)22;13-9-5-4-8-10-6(9)2-1-3-7(10)11(14)16-12(8)15;1-2-3-4-5-6-7/h6-10H,2-5,11H2,1H3;1-5H;2-7H2,1H3. The highest BCUT2D eigenvalue weighted by molar-refractivity contribution is 6.38. The fourth-order valence-electron chi connectivity index (χ4n) is 5.49. The molecule has 2 heterocycles. The Kier molecular flexibility index (Phi) is 12.1. The second kappa shape index (κ2) is 16.0. The molecule has 9 heteroatoms. The van der Waals surface area contributed by atoms with Gasteiger partial charge in [0, 0.05) is 49.3 Å². The van der Waals surface area contributed by atoms with E-state index >= 15 is 0 Å². The zero-order valence-corrected chi connectivity index (χ0v) is 27.2. The first-order chi connectivity index (χ1) is 21.7. The SMILES string of the molecule is CCCCCCN.CCCCCCN1C(=O)c2cccc3c(Cl)ccc(c23)C1=O.O=C1OC(=O)c2ccc(Cl)c3cccc1c23. The molecule has 4 aromatic rings. The van der Waals surface area contributed by atoms with Gasteiger partial charge in [-0.25, -0.2) is 9.59 Å². The molecule has 0 atom stereocenters. The van der Waals surface area contributed by atoms with Gasteiger partial charge in [0.2, 0.25) is 0 Å². The summed E-state index contributed by atoms with van der Waals surface area (Å²) in [5.74, 6) is -1.65. The molecule has 0 radical (unpaired) electrons. The third-order valence-corrected chi connectivity index (χ3v) is 8.50. The molecule has 2 aliphatic rings. The van der Waals surface area contributed by atoms with E-state index in [9.17, 15) is 19.2 Å². The number of unbranched alkanes of at least 4 members (excludes halogenated alkanes) is 6. The fraction of sp³-hybridized carbons (Fsp3) is 0.333. The van der Waals surface area contributed by atoms with Crippen LogP contribution >= 0.6 is 23.2 Å². The lowest BCUT2D eigenvalue weighted by Gasteiger charge is -2.27. The number of benzene rings is 4. The van der Waals surface area contributed by atoms with Crippen LogP contribution in [-0.4, -0.2) is 41.7 Å². The number of hydrogen-bond acceptors (Lipinski definition) is 6. The molecule has 0 unspecified atom stereocenters. The molecular weight excluding hydrogens is 611 g/mol. The number of rotatable bonds is 9. The van der Waals surface area contributed by atoms with Crippen molar-refractivity contribution in [1.29, 1.82) is 0 Å². The molecule has 2 aliphatic heterocycles. The molecule has 0 bridgehead atoms. The Bertz CT molecular complexity index is 1690. The van der Waals surface area contributed by atoms with Crippen LogP contribution in [0.15, 0.2) is 60.7 Å². The lowest BCUT2D eigenvalue weighted by molar-refractivity contribution is 0.0390. The minimum absolute atomic E-state index is 0.207. The number of hydrogen-bond donors (Lipinski definition) is 1. The van der Waals surface area contributed by atoms with Crippen molar-refractivity contribution in [2.45, 2.75) is 65.2 Å². The third-order valence-electron chi connectivity index (χ3n) is 7.84. The summed E-state index contributed by atoms with van der Waals surface area (Å²) in [7, 11) is 0. The van der Waals surface area contributed by atoms with Gasteiger partial charge in [-0.15, -0.1) is 0 Å². The Morgan fingerprint density at radius 3 is 1.62 bits per heavy atom. The van der Waals surface area contributed by atoms with Gasteiger partial charge in [-0.1, -0.05) is 99.8 Å². The zero-order chi connectivity index (χ0) is 32.5. The molecule has 0 spiro atoms. The number of nitrogens with zero attached hydrogens (tertiary/aromatic N) is 1. The predicted molar refractivity (Wildman–Crippen MR) is 180 cm³/mol. The first-order valence-electron chi connectivity index (χ1n) is 15.5. The molecule has 0 aliphatic carbocycles. The number of esters is 2. The molecule has 0 fully saturated rings. The van der Waals surface area contributed by atoms with E-state index in [1.807, 2.05) is 12.1 Å². The van der Waals surface area contributed by atoms with E-state index in [4.69, 9.17) is 28.9 Å². The van der Waals surface area contributed by atoms with Gasteiger partial charge in [0.25, 0.3) is 11.8 Å².